The largest absolute Gasteiger partial charge is 0.384 e. The molecule has 0 radical (unpaired) electrons. The molecule has 0 spiro atoms. The summed E-state index contributed by atoms with van der Waals surface area (Å²) < 4.78 is 22.9. The molecule has 2 rings (SSSR count). The number of amides is 1. The number of nitrogens with one attached hydrogen (secondary N) is 1. The standard InChI is InChI=1S/C11H15N3O3S.ClH/c1-11(5-6-18(16,17)7-11)14-10(15)8-3-2-4-9(12)13-8;/h2-4H,5-7H2,1H3,(H2,12,13)(H,14,15);1H. The summed E-state index contributed by atoms with van der Waals surface area (Å²) in [6.45, 7) is 1.72. The second kappa shape index (κ2) is 5.34. The Morgan fingerprint density at radius 3 is 2.68 bits per heavy atom. The molecule has 1 unspecified atom stereocenters. The van der Waals surface area contributed by atoms with E-state index in [0.717, 1.165) is 0 Å². The van der Waals surface area contributed by atoms with Gasteiger partial charge in [-0.1, -0.05) is 6.07 Å². The highest BCUT2D eigenvalue weighted by molar-refractivity contribution is 7.91. The van der Waals surface area contributed by atoms with Gasteiger partial charge in [0.1, 0.15) is 11.5 Å². The van der Waals surface area contributed by atoms with Gasteiger partial charge in [0.25, 0.3) is 5.91 Å². The maximum atomic E-state index is 11.9. The van der Waals surface area contributed by atoms with E-state index in [2.05, 4.69) is 10.3 Å². The molecule has 1 atom stereocenters. The topological polar surface area (TPSA) is 102 Å². The van der Waals surface area contributed by atoms with Gasteiger partial charge in [0.15, 0.2) is 9.84 Å². The Kier molecular flexibility index (Phi) is 4.42. The molecule has 2 heterocycles. The molecule has 1 aliphatic rings. The van der Waals surface area contributed by atoms with E-state index < -0.39 is 21.3 Å². The monoisotopic (exact) mass is 305 g/mol. The molecule has 3 N–H and O–H groups in total. The average Bonchev–Trinajstić information content (AvgIpc) is 2.52. The highest BCUT2D eigenvalue weighted by atomic mass is 35.5. The quantitative estimate of drug-likeness (QED) is 0.823. The first-order valence-corrected chi connectivity index (χ1v) is 7.37. The van der Waals surface area contributed by atoms with E-state index in [-0.39, 0.29) is 35.4 Å². The predicted octanol–water partition coefficient (Wildman–Crippen LogP) is 0.393. The number of nitrogens with two attached hydrogens (primary N) is 1. The number of hydrogen-bond donors (Lipinski definition) is 2. The summed E-state index contributed by atoms with van der Waals surface area (Å²) in [5.74, 6) is -0.0731. The van der Waals surface area contributed by atoms with Gasteiger partial charge in [-0.15, -0.1) is 12.4 Å². The van der Waals surface area contributed by atoms with Crippen LogP contribution in [-0.4, -0.2) is 36.4 Å². The van der Waals surface area contributed by atoms with Crippen molar-refractivity contribution in [3.05, 3.63) is 23.9 Å². The molecule has 8 heteroatoms. The van der Waals surface area contributed by atoms with Crippen LogP contribution in [0.3, 0.4) is 0 Å². The van der Waals surface area contributed by atoms with Crippen molar-refractivity contribution in [1.82, 2.24) is 10.3 Å². The van der Waals surface area contributed by atoms with Gasteiger partial charge in [-0.3, -0.25) is 4.79 Å². The average molecular weight is 306 g/mol. The van der Waals surface area contributed by atoms with Crippen LogP contribution in [0.15, 0.2) is 18.2 Å². The van der Waals surface area contributed by atoms with Crippen molar-refractivity contribution in [2.24, 2.45) is 0 Å². The first-order chi connectivity index (χ1) is 8.30. The Morgan fingerprint density at radius 2 is 2.16 bits per heavy atom. The number of pyridine rings is 1. The van der Waals surface area contributed by atoms with Crippen molar-refractivity contribution < 1.29 is 13.2 Å². The molecule has 6 nitrogen and oxygen atoms in total. The van der Waals surface area contributed by atoms with Gasteiger partial charge in [0, 0.05) is 0 Å². The summed E-state index contributed by atoms with van der Waals surface area (Å²) in [5.41, 5.74) is 4.97. The number of aromatic nitrogens is 1. The molecule has 1 fully saturated rings. The van der Waals surface area contributed by atoms with E-state index >= 15 is 0 Å². The Bertz CT molecular complexity index is 591. The van der Waals surface area contributed by atoms with Crippen LogP contribution in [-0.2, 0) is 9.84 Å². The Hall–Kier alpha value is -1.34. The normalized spacial score (nSPS) is 24.5. The van der Waals surface area contributed by atoms with E-state index in [4.69, 9.17) is 5.73 Å². The van der Waals surface area contributed by atoms with Gasteiger partial charge in [0.2, 0.25) is 0 Å². The molecule has 1 aliphatic heterocycles. The molecule has 0 aromatic carbocycles. The summed E-state index contributed by atoms with van der Waals surface area (Å²) in [5, 5.41) is 2.72. The molecule has 106 valence electrons. The maximum absolute atomic E-state index is 11.9. The van der Waals surface area contributed by atoms with Crippen molar-refractivity contribution in [2.75, 3.05) is 17.2 Å². The lowest BCUT2D eigenvalue weighted by Gasteiger charge is -2.23. The van der Waals surface area contributed by atoms with Gasteiger partial charge in [-0.05, 0) is 25.5 Å². The number of nitrogen functional groups attached to an aromatic ring is 1. The van der Waals surface area contributed by atoms with E-state index in [0.29, 0.717) is 6.42 Å². The van der Waals surface area contributed by atoms with Crippen LogP contribution in [0.5, 0.6) is 0 Å². The molecule has 19 heavy (non-hydrogen) atoms. The van der Waals surface area contributed by atoms with Crippen LogP contribution in [0.4, 0.5) is 5.82 Å². The Morgan fingerprint density at radius 1 is 1.47 bits per heavy atom. The maximum Gasteiger partial charge on any atom is 0.270 e. The number of halogens is 1. The third-order valence-electron chi connectivity index (χ3n) is 2.92. The van der Waals surface area contributed by atoms with E-state index in [1.807, 2.05) is 0 Å². The minimum Gasteiger partial charge on any atom is -0.384 e. The summed E-state index contributed by atoms with van der Waals surface area (Å²) in [6, 6.07) is 4.75. The molecule has 1 saturated heterocycles. The Balaban J connectivity index is 0.00000180. The van der Waals surface area contributed by atoms with Gasteiger partial charge in [0.05, 0.1) is 17.0 Å². The van der Waals surface area contributed by atoms with E-state index in [1.54, 1.807) is 25.1 Å². The van der Waals surface area contributed by atoms with Crippen molar-refractivity contribution >= 4 is 34.0 Å². The molecule has 1 aromatic heterocycles. The number of nitrogens with zero attached hydrogens (tertiary/aromatic N) is 1. The molecule has 0 saturated carbocycles. The van der Waals surface area contributed by atoms with Crippen molar-refractivity contribution in [2.45, 2.75) is 18.9 Å². The van der Waals surface area contributed by atoms with Crippen molar-refractivity contribution in [3.63, 3.8) is 0 Å². The van der Waals surface area contributed by atoms with Crippen LogP contribution < -0.4 is 11.1 Å². The van der Waals surface area contributed by atoms with Crippen LogP contribution in [0, 0.1) is 0 Å². The van der Waals surface area contributed by atoms with Crippen molar-refractivity contribution in [1.29, 1.82) is 0 Å². The zero-order valence-corrected chi connectivity index (χ0v) is 12.1. The number of anilines is 1. The van der Waals surface area contributed by atoms with Gasteiger partial charge < -0.3 is 11.1 Å². The van der Waals surface area contributed by atoms with Crippen molar-refractivity contribution in [3.8, 4) is 0 Å². The number of sulfone groups is 1. The summed E-state index contributed by atoms with van der Waals surface area (Å²) in [6.07, 6.45) is 0.420. The zero-order chi connectivity index (χ0) is 13.4. The SMILES string of the molecule is CC1(NC(=O)c2cccc(N)n2)CCS(=O)(=O)C1.Cl. The second-order valence-electron chi connectivity index (χ2n) is 4.80. The third-order valence-corrected chi connectivity index (χ3v) is 4.82. The Labute approximate surface area is 118 Å². The minimum absolute atomic E-state index is 0. The highest BCUT2D eigenvalue weighted by Gasteiger charge is 2.39. The highest BCUT2D eigenvalue weighted by Crippen LogP contribution is 2.23. The lowest BCUT2D eigenvalue weighted by Crippen LogP contribution is -2.47. The van der Waals surface area contributed by atoms with E-state index in [9.17, 15) is 13.2 Å². The second-order valence-corrected chi connectivity index (χ2v) is 6.99. The molecular formula is C11H16ClN3O3S. The van der Waals surface area contributed by atoms with Crippen LogP contribution >= 0.6 is 12.4 Å². The molecular weight excluding hydrogens is 290 g/mol. The molecule has 1 amide bonds. The van der Waals surface area contributed by atoms with Crippen LogP contribution in [0.2, 0.25) is 0 Å². The number of hydrogen-bond acceptors (Lipinski definition) is 5. The fourth-order valence-electron chi connectivity index (χ4n) is 2.03. The van der Waals surface area contributed by atoms with Crippen LogP contribution in [0.25, 0.3) is 0 Å². The fraction of sp³-hybridized carbons (Fsp3) is 0.455. The summed E-state index contributed by atoms with van der Waals surface area (Å²) in [4.78, 5) is 15.8. The van der Waals surface area contributed by atoms with Crippen LogP contribution in [0.1, 0.15) is 23.8 Å². The summed E-state index contributed by atoms with van der Waals surface area (Å²) in [7, 11) is -3.05. The van der Waals surface area contributed by atoms with E-state index in [1.165, 1.54) is 0 Å². The molecule has 0 aliphatic carbocycles. The molecule has 1 aromatic rings. The number of carbonyl (C=O) groups is 1. The lowest BCUT2D eigenvalue weighted by molar-refractivity contribution is 0.0910. The van der Waals surface area contributed by atoms with Gasteiger partial charge >= 0.3 is 0 Å². The zero-order valence-electron chi connectivity index (χ0n) is 10.4. The smallest absolute Gasteiger partial charge is 0.270 e. The predicted molar refractivity (Wildman–Crippen MR) is 75.0 cm³/mol. The first-order valence-electron chi connectivity index (χ1n) is 5.55. The number of rotatable bonds is 2. The third kappa shape index (κ3) is 3.81. The lowest BCUT2D eigenvalue weighted by atomic mass is 10.0. The summed E-state index contributed by atoms with van der Waals surface area (Å²) >= 11 is 0. The number of carbonyl (C=O) groups excluding carboxylic acids is 1. The van der Waals surface area contributed by atoms with Gasteiger partial charge in [-0.25, -0.2) is 13.4 Å². The van der Waals surface area contributed by atoms with Gasteiger partial charge in [-0.2, -0.15) is 0 Å². The fourth-order valence-corrected chi connectivity index (χ4v) is 4.12. The molecule has 0 bridgehead atoms. The minimum atomic E-state index is -3.05. The first kappa shape index (κ1) is 15.7.